The van der Waals surface area contributed by atoms with Gasteiger partial charge in [-0.25, -0.2) is 0 Å². The summed E-state index contributed by atoms with van der Waals surface area (Å²) in [4.78, 5) is 14.6. The molecule has 2 heteroatoms. The molecule has 2 nitrogen and oxygen atoms in total. The molecule has 1 saturated heterocycles. The molecule has 90 valence electrons. The normalized spacial score (nSPS) is 27.9. The fourth-order valence-corrected chi connectivity index (χ4v) is 3.45. The van der Waals surface area contributed by atoms with Crippen molar-refractivity contribution in [2.75, 3.05) is 6.54 Å². The highest BCUT2D eigenvalue weighted by Crippen LogP contribution is 2.37. The number of hydrogen-bond acceptors (Lipinski definition) is 1. The average molecular weight is 229 g/mol. The minimum absolute atomic E-state index is 0.238. The summed E-state index contributed by atoms with van der Waals surface area (Å²) >= 11 is 0. The molecule has 17 heavy (non-hydrogen) atoms. The van der Waals surface area contributed by atoms with Gasteiger partial charge in [-0.2, -0.15) is 0 Å². The van der Waals surface area contributed by atoms with Crippen LogP contribution in [0.5, 0.6) is 0 Å². The van der Waals surface area contributed by atoms with Crippen molar-refractivity contribution < 1.29 is 4.79 Å². The highest BCUT2D eigenvalue weighted by Gasteiger charge is 2.37. The average Bonchev–Trinajstić information content (AvgIpc) is 2.87. The van der Waals surface area contributed by atoms with Crippen molar-refractivity contribution in [3.8, 4) is 0 Å². The maximum absolute atomic E-state index is 12.5. The summed E-state index contributed by atoms with van der Waals surface area (Å²) < 4.78 is 0. The van der Waals surface area contributed by atoms with Gasteiger partial charge in [-0.05, 0) is 43.7 Å². The van der Waals surface area contributed by atoms with E-state index in [2.05, 4.69) is 4.90 Å². The van der Waals surface area contributed by atoms with E-state index in [0.29, 0.717) is 6.04 Å². The first-order valence-corrected chi connectivity index (χ1v) is 6.72. The number of rotatable bonds is 1. The number of piperidine rings is 1. The molecule has 0 unspecified atom stereocenters. The summed E-state index contributed by atoms with van der Waals surface area (Å²) in [6.07, 6.45) is 6.34. The number of carbonyl (C=O) groups excluding carboxylic acids is 1. The third-order valence-corrected chi connectivity index (χ3v) is 4.27. The molecule has 1 aliphatic heterocycles. The number of fused-ring (bicyclic) bond motifs is 1. The second kappa shape index (κ2) is 4.52. The Balaban J connectivity index is 1.81. The van der Waals surface area contributed by atoms with Crippen LogP contribution in [0, 0.1) is 5.92 Å². The summed E-state index contributed by atoms with van der Waals surface area (Å²) in [5.74, 6) is 1.01. The van der Waals surface area contributed by atoms with E-state index >= 15 is 0 Å². The van der Waals surface area contributed by atoms with E-state index in [1.54, 1.807) is 0 Å². The Morgan fingerprint density at radius 2 is 1.82 bits per heavy atom. The number of hydrogen-bond donors (Lipinski definition) is 0. The molecular formula is C15H19NO. The van der Waals surface area contributed by atoms with Gasteiger partial charge in [0.2, 0.25) is 0 Å². The van der Waals surface area contributed by atoms with Crippen LogP contribution < -0.4 is 0 Å². The molecule has 2 fully saturated rings. The molecule has 1 amide bonds. The molecule has 1 saturated carbocycles. The Labute approximate surface area is 103 Å². The van der Waals surface area contributed by atoms with E-state index in [1.807, 2.05) is 30.3 Å². The largest absolute Gasteiger partial charge is 0.335 e. The van der Waals surface area contributed by atoms with Gasteiger partial charge in [0.25, 0.3) is 5.91 Å². The van der Waals surface area contributed by atoms with Crippen LogP contribution in [-0.4, -0.2) is 23.4 Å². The van der Waals surface area contributed by atoms with Gasteiger partial charge in [0.1, 0.15) is 0 Å². The molecule has 2 aliphatic rings. The van der Waals surface area contributed by atoms with Crippen LogP contribution in [-0.2, 0) is 0 Å². The van der Waals surface area contributed by atoms with E-state index in [0.717, 1.165) is 18.0 Å². The fraction of sp³-hybridized carbons (Fsp3) is 0.533. The Morgan fingerprint density at radius 1 is 1.06 bits per heavy atom. The Hall–Kier alpha value is -1.31. The van der Waals surface area contributed by atoms with Gasteiger partial charge in [-0.15, -0.1) is 0 Å². The summed E-state index contributed by atoms with van der Waals surface area (Å²) in [5.41, 5.74) is 0.847. The number of carbonyl (C=O) groups is 1. The minimum Gasteiger partial charge on any atom is -0.335 e. The highest BCUT2D eigenvalue weighted by molar-refractivity contribution is 5.94. The van der Waals surface area contributed by atoms with Crippen molar-refractivity contribution in [2.24, 2.45) is 5.92 Å². The van der Waals surface area contributed by atoms with Crippen molar-refractivity contribution in [1.29, 1.82) is 0 Å². The number of likely N-dealkylation sites (tertiary alicyclic amines) is 1. The Kier molecular flexibility index (Phi) is 2.87. The molecule has 0 spiro atoms. The van der Waals surface area contributed by atoms with Crippen LogP contribution in [0.15, 0.2) is 30.3 Å². The van der Waals surface area contributed by atoms with Crippen molar-refractivity contribution in [3.63, 3.8) is 0 Å². The highest BCUT2D eigenvalue weighted by atomic mass is 16.2. The van der Waals surface area contributed by atoms with Gasteiger partial charge in [0, 0.05) is 18.2 Å². The standard InChI is InChI=1S/C15H19NO/c17-15(13-6-2-1-3-7-13)16-11-5-9-12-8-4-10-14(12)16/h1-3,6-7,12,14H,4-5,8-11H2/t12-,14-/m1/s1. The molecule has 1 aromatic carbocycles. The SMILES string of the molecule is O=C(c1ccccc1)N1CCC[C@H]2CCC[C@H]21. The Morgan fingerprint density at radius 3 is 2.65 bits per heavy atom. The third kappa shape index (κ3) is 1.97. The second-order valence-corrected chi connectivity index (χ2v) is 5.27. The zero-order chi connectivity index (χ0) is 11.7. The van der Waals surface area contributed by atoms with E-state index in [-0.39, 0.29) is 5.91 Å². The molecule has 1 aliphatic carbocycles. The van der Waals surface area contributed by atoms with E-state index < -0.39 is 0 Å². The van der Waals surface area contributed by atoms with Gasteiger partial charge in [-0.1, -0.05) is 24.6 Å². The summed E-state index contributed by atoms with van der Waals surface area (Å²) in [6.45, 7) is 0.953. The zero-order valence-electron chi connectivity index (χ0n) is 10.1. The monoisotopic (exact) mass is 229 g/mol. The molecule has 2 atom stereocenters. The first-order valence-electron chi connectivity index (χ1n) is 6.72. The lowest BCUT2D eigenvalue weighted by Crippen LogP contribution is -2.46. The third-order valence-electron chi connectivity index (χ3n) is 4.27. The molecule has 0 bridgehead atoms. The molecule has 3 rings (SSSR count). The van der Waals surface area contributed by atoms with E-state index in [4.69, 9.17) is 0 Å². The molecule has 1 aromatic rings. The summed E-state index contributed by atoms with van der Waals surface area (Å²) in [7, 11) is 0. The first kappa shape index (κ1) is 10.8. The summed E-state index contributed by atoms with van der Waals surface area (Å²) in [5, 5.41) is 0. The van der Waals surface area contributed by atoms with Crippen molar-refractivity contribution in [2.45, 2.75) is 38.1 Å². The topological polar surface area (TPSA) is 20.3 Å². The maximum atomic E-state index is 12.5. The second-order valence-electron chi connectivity index (χ2n) is 5.27. The van der Waals surface area contributed by atoms with Crippen LogP contribution in [0.1, 0.15) is 42.5 Å². The van der Waals surface area contributed by atoms with Crippen molar-refractivity contribution >= 4 is 5.91 Å². The molecule has 0 N–H and O–H groups in total. The zero-order valence-corrected chi connectivity index (χ0v) is 10.1. The van der Waals surface area contributed by atoms with Crippen molar-refractivity contribution in [3.05, 3.63) is 35.9 Å². The Bertz CT molecular complexity index is 401. The lowest BCUT2D eigenvalue weighted by atomic mass is 9.91. The smallest absolute Gasteiger partial charge is 0.254 e. The predicted molar refractivity (Wildman–Crippen MR) is 67.8 cm³/mol. The van der Waals surface area contributed by atoms with Crippen LogP contribution in [0.3, 0.4) is 0 Å². The minimum atomic E-state index is 0.238. The van der Waals surface area contributed by atoms with Crippen LogP contribution in [0.4, 0.5) is 0 Å². The molecule has 0 aromatic heterocycles. The fourth-order valence-electron chi connectivity index (χ4n) is 3.45. The van der Waals surface area contributed by atoms with Gasteiger partial charge in [0.05, 0.1) is 0 Å². The molecule has 0 radical (unpaired) electrons. The number of amides is 1. The first-order chi connectivity index (χ1) is 8.36. The molecular weight excluding hydrogens is 210 g/mol. The number of benzene rings is 1. The lowest BCUT2D eigenvalue weighted by Gasteiger charge is -2.37. The van der Waals surface area contributed by atoms with Gasteiger partial charge in [-0.3, -0.25) is 4.79 Å². The van der Waals surface area contributed by atoms with E-state index in [1.165, 1.54) is 32.1 Å². The van der Waals surface area contributed by atoms with Crippen LogP contribution >= 0.6 is 0 Å². The maximum Gasteiger partial charge on any atom is 0.254 e. The number of nitrogens with zero attached hydrogens (tertiary/aromatic N) is 1. The van der Waals surface area contributed by atoms with Gasteiger partial charge >= 0.3 is 0 Å². The van der Waals surface area contributed by atoms with Gasteiger partial charge < -0.3 is 4.90 Å². The van der Waals surface area contributed by atoms with Crippen LogP contribution in [0.2, 0.25) is 0 Å². The van der Waals surface area contributed by atoms with Crippen LogP contribution in [0.25, 0.3) is 0 Å². The lowest BCUT2D eigenvalue weighted by molar-refractivity contribution is 0.0548. The van der Waals surface area contributed by atoms with Gasteiger partial charge in [0.15, 0.2) is 0 Å². The predicted octanol–water partition coefficient (Wildman–Crippen LogP) is 3.09. The summed E-state index contributed by atoms with van der Waals surface area (Å²) in [6, 6.07) is 10.2. The molecule has 1 heterocycles. The van der Waals surface area contributed by atoms with E-state index in [9.17, 15) is 4.79 Å². The van der Waals surface area contributed by atoms with Crippen molar-refractivity contribution in [1.82, 2.24) is 4.90 Å². The quantitative estimate of drug-likeness (QED) is 0.724.